The third-order valence-corrected chi connectivity index (χ3v) is 4.17. The van der Waals surface area contributed by atoms with Gasteiger partial charge in [0, 0.05) is 23.8 Å². The van der Waals surface area contributed by atoms with Crippen LogP contribution >= 0.6 is 33.3 Å². The molecule has 0 aliphatic rings. The van der Waals surface area contributed by atoms with Gasteiger partial charge in [-0.15, -0.1) is 0 Å². The van der Waals surface area contributed by atoms with Gasteiger partial charge in [0.25, 0.3) is 0 Å². The van der Waals surface area contributed by atoms with Gasteiger partial charge in [-0.2, -0.15) is 11.8 Å². The van der Waals surface area contributed by atoms with Gasteiger partial charge >= 0.3 is 0 Å². The van der Waals surface area contributed by atoms with E-state index in [4.69, 9.17) is 0 Å². The minimum atomic E-state index is 1.12. The molecular weight excluding hydrogens is 182 g/mol. The molecule has 0 aromatic carbocycles. The normalized spacial score (nSPS) is 10.2. The van der Waals surface area contributed by atoms with Crippen LogP contribution in [0.15, 0.2) is 0 Å². The van der Waals surface area contributed by atoms with E-state index >= 15 is 0 Å². The molecule has 0 aliphatic carbocycles. The van der Waals surface area contributed by atoms with E-state index in [1.54, 1.807) is 0 Å². The molecule has 0 bridgehead atoms. The van der Waals surface area contributed by atoms with E-state index in [1.165, 1.54) is 17.3 Å². The molecule has 0 aromatic rings. The Morgan fingerprint density at radius 1 is 1.10 bits per heavy atom. The molecule has 0 saturated carbocycles. The first kappa shape index (κ1) is 11.0. The number of hydrogen-bond acceptors (Lipinski definition) is 4. The van der Waals surface area contributed by atoms with Crippen LogP contribution in [0.3, 0.4) is 0 Å². The lowest BCUT2D eigenvalue weighted by Gasteiger charge is -1.98. The second kappa shape index (κ2) is 10.0. The van der Waals surface area contributed by atoms with Crippen LogP contribution in [0.4, 0.5) is 0 Å². The molecule has 0 radical (unpaired) electrons. The summed E-state index contributed by atoms with van der Waals surface area (Å²) >= 11 is 1.92. The van der Waals surface area contributed by atoms with E-state index in [9.17, 15) is 0 Å². The van der Waals surface area contributed by atoms with E-state index in [0.29, 0.717) is 0 Å². The highest BCUT2D eigenvalue weighted by atomic mass is 33.1. The van der Waals surface area contributed by atoms with Crippen LogP contribution < -0.4 is 5.32 Å². The van der Waals surface area contributed by atoms with Gasteiger partial charge in [0.2, 0.25) is 0 Å². The minimum absolute atomic E-state index is 1.12. The quantitative estimate of drug-likeness (QED) is 0.494. The molecule has 0 unspecified atom stereocenters. The van der Waals surface area contributed by atoms with E-state index in [2.05, 4.69) is 11.6 Å². The van der Waals surface area contributed by atoms with Gasteiger partial charge < -0.3 is 5.32 Å². The van der Waals surface area contributed by atoms with Gasteiger partial charge in [-0.3, -0.25) is 0 Å². The second-order valence-electron chi connectivity index (χ2n) is 1.74. The van der Waals surface area contributed by atoms with Crippen LogP contribution in [0.1, 0.15) is 0 Å². The fraction of sp³-hybridized carbons (Fsp3) is 1.00. The van der Waals surface area contributed by atoms with Gasteiger partial charge in [0.05, 0.1) is 0 Å². The number of thioether (sulfide) groups is 1. The molecule has 1 N–H and O–H groups in total. The largest absolute Gasteiger partial charge is 0.319 e. The Kier molecular flexibility index (Phi) is 11.0. The van der Waals surface area contributed by atoms with Crippen LogP contribution in [0.25, 0.3) is 0 Å². The number of rotatable bonds is 7. The van der Waals surface area contributed by atoms with Crippen molar-refractivity contribution in [3.63, 3.8) is 0 Å². The van der Waals surface area contributed by atoms with Gasteiger partial charge in [-0.05, 0) is 13.3 Å². The molecule has 0 atom stereocenters. The van der Waals surface area contributed by atoms with Crippen molar-refractivity contribution in [2.24, 2.45) is 0 Å². The smallest absolute Gasteiger partial charge is 0.0162 e. The lowest BCUT2D eigenvalue weighted by Crippen LogP contribution is -2.09. The van der Waals surface area contributed by atoms with Gasteiger partial charge in [-0.25, -0.2) is 0 Å². The zero-order valence-electron chi connectivity index (χ0n) is 6.55. The van der Waals surface area contributed by atoms with Crippen molar-refractivity contribution in [2.75, 3.05) is 37.1 Å². The topological polar surface area (TPSA) is 12.0 Å². The molecule has 10 heavy (non-hydrogen) atoms. The van der Waals surface area contributed by atoms with Crippen molar-refractivity contribution in [1.29, 1.82) is 0 Å². The third-order valence-electron chi connectivity index (χ3n) is 0.890. The predicted molar refractivity (Wildman–Crippen MR) is 57.2 cm³/mol. The summed E-state index contributed by atoms with van der Waals surface area (Å²) in [5.41, 5.74) is 0. The molecule has 0 fully saturated rings. The maximum Gasteiger partial charge on any atom is 0.0162 e. The lowest BCUT2D eigenvalue weighted by molar-refractivity contribution is 0.873. The average molecular weight is 197 g/mol. The molecular formula is C6H15NS3. The van der Waals surface area contributed by atoms with Crippen LogP contribution in [0.5, 0.6) is 0 Å². The van der Waals surface area contributed by atoms with Crippen molar-refractivity contribution in [3.05, 3.63) is 0 Å². The molecule has 0 heterocycles. The fourth-order valence-electron chi connectivity index (χ4n) is 0.379. The molecule has 0 amide bonds. The maximum atomic E-state index is 3.12. The van der Waals surface area contributed by atoms with Crippen LogP contribution in [0, 0.1) is 0 Å². The molecule has 0 aromatic heterocycles. The van der Waals surface area contributed by atoms with Crippen LogP contribution in [-0.4, -0.2) is 37.1 Å². The fourth-order valence-corrected chi connectivity index (χ4v) is 3.41. The van der Waals surface area contributed by atoms with Crippen LogP contribution in [-0.2, 0) is 0 Å². The van der Waals surface area contributed by atoms with Crippen molar-refractivity contribution >= 4 is 33.3 Å². The Morgan fingerprint density at radius 2 is 1.80 bits per heavy atom. The summed E-state index contributed by atoms with van der Waals surface area (Å²) in [6, 6.07) is 0. The van der Waals surface area contributed by atoms with E-state index in [0.717, 1.165) is 6.54 Å². The first-order valence-corrected chi connectivity index (χ1v) is 7.18. The highest BCUT2D eigenvalue weighted by molar-refractivity contribution is 8.76. The SMILES string of the molecule is CNCCSSCCSC. The average Bonchev–Trinajstić information content (AvgIpc) is 1.97. The summed E-state index contributed by atoms with van der Waals surface area (Å²) in [7, 11) is 5.93. The highest BCUT2D eigenvalue weighted by Gasteiger charge is 1.87. The predicted octanol–water partition coefficient (Wildman–Crippen LogP) is 1.95. The molecule has 62 valence electrons. The molecule has 1 nitrogen and oxygen atoms in total. The second-order valence-corrected chi connectivity index (χ2v) is 5.43. The molecule has 0 rings (SSSR count). The Morgan fingerprint density at radius 3 is 2.40 bits per heavy atom. The van der Waals surface area contributed by atoms with Gasteiger partial charge in [0.1, 0.15) is 0 Å². The Labute approximate surface area is 75.9 Å². The van der Waals surface area contributed by atoms with Crippen molar-refractivity contribution in [2.45, 2.75) is 0 Å². The zero-order chi connectivity index (χ0) is 7.66. The Bertz CT molecular complexity index is 53.0. The summed E-state index contributed by atoms with van der Waals surface area (Å²) in [6.07, 6.45) is 2.15. The molecule has 0 aliphatic heterocycles. The lowest BCUT2D eigenvalue weighted by atomic mass is 10.8. The maximum absolute atomic E-state index is 3.12. The summed E-state index contributed by atoms with van der Waals surface area (Å²) in [4.78, 5) is 0. The standard InChI is InChI=1S/C6H15NS3/c1-7-3-4-9-10-6-5-8-2/h7H,3-6H2,1-2H3. The molecule has 0 spiro atoms. The molecule has 4 heteroatoms. The van der Waals surface area contributed by atoms with Crippen molar-refractivity contribution in [1.82, 2.24) is 5.32 Å². The summed E-state index contributed by atoms with van der Waals surface area (Å²) in [5, 5.41) is 3.12. The minimum Gasteiger partial charge on any atom is -0.319 e. The van der Waals surface area contributed by atoms with Crippen molar-refractivity contribution < 1.29 is 0 Å². The first-order valence-electron chi connectivity index (χ1n) is 3.29. The monoisotopic (exact) mass is 197 g/mol. The molecule has 0 saturated heterocycles. The Hall–Kier alpha value is 1.01. The van der Waals surface area contributed by atoms with Gasteiger partial charge in [0.15, 0.2) is 0 Å². The summed E-state index contributed by atoms with van der Waals surface area (Å²) < 4.78 is 0. The van der Waals surface area contributed by atoms with Crippen LogP contribution in [0.2, 0.25) is 0 Å². The van der Waals surface area contributed by atoms with Gasteiger partial charge in [-0.1, -0.05) is 21.6 Å². The number of hydrogen-bond donors (Lipinski definition) is 1. The summed E-state index contributed by atoms with van der Waals surface area (Å²) in [6.45, 7) is 1.12. The van der Waals surface area contributed by atoms with Crippen molar-refractivity contribution in [3.8, 4) is 0 Å². The van der Waals surface area contributed by atoms with E-state index in [-0.39, 0.29) is 0 Å². The van der Waals surface area contributed by atoms with E-state index in [1.807, 2.05) is 40.4 Å². The summed E-state index contributed by atoms with van der Waals surface area (Å²) in [5.74, 6) is 3.77. The highest BCUT2D eigenvalue weighted by Crippen LogP contribution is 2.20. The zero-order valence-corrected chi connectivity index (χ0v) is 9.00. The van der Waals surface area contributed by atoms with E-state index < -0.39 is 0 Å². The third kappa shape index (κ3) is 9.01. The number of nitrogens with one attached hydrogen (secondary N) is 1. The Balaban J connectivity index is 2.65. The first-order chi connectivity index (χ1) is 4.91.